The summed E-state index contributed by atoms with van der Waals surface area (Å²) >= 11 is 0. The van der Waals surface area contributed by atoms with Crippen LogP contribution in [0.15, 0.2) is 65.8 Å². The molecular weight excluding hydrogens is 341 g/mol. The number of hydrogen-bond donors (Lipinski definition) is 2. The Hall–Kier alpha value is -2.66. The van der Waals surface area contributed by atoms with E-state index in [0.717, 1.165) is 41.1 Å². The van der Waals surface area contributed by atoms with Gasteiger partial charge in [0.15, 0.2) is 0 Å². The van der Waals surface area contributed by atoms with Gasteiger partial charge in [-0.05, 0) is 67.7 Å². The van der Waals surface area contributed by atoms with Crippen LogP contribution in [-0.4, -0.2) is 29.0 Å². The smallest absolute Gasteiger partial charge is 0.143 e. The van der Waals surface area contributed by atoms with Gasteiger partial charge < -0.3 is 5.11 Å². The number of allylic oxidation sites excluding steroid dienone is 5. The highest BCUT2D eigenvalue weighted by Crippen LogP contribution is 2.25. The molecule has 0 aromatic heterocycles. The third kappa shape index (κ3) is 5.93. The fourth-order valence-corrected chi connectivity index (χ4v) is 2.44. The van der Waals surface area contributed by atoms with E-state index < -0.39 is 5.82 Å². The molecule has 2 N–H and O–H groups in total. The lowest BCUT2D eigenvalue weighted by Crippen LogP contribution is -2.38. The number of nitrogens with zero attached hydrogens (tertiary/aromatic N) is 2. The first-order valence-electron chi connectivity index (χ1n) is 9.00. The minimum absolute atomic E-state index is 0.259. The van der Waals surface area contributed by atoms with E-state index in [1.165, 1.54) is 6.07 Å². The van der Waals surface area contributed by atoms with E-state index in [-0.39, 0.29) is 12.2 Å². The van der Waals surface area contributed by atoms with Crippen LogP contribution in [0.5, 0.6) is 0 Å². The molecule has 0 aliphatic heterocycles. The normalized spacial score (nSPS) is 15.5. The van der Waals surface area contributed by atoms with Crippen molar-refractivity contribution >= 4 is 11.4 Å². The maximum Gasteiger partial charge on any atom is 0.143 e. The molecule has 5 heteroatoms. The van der Waals surface area contributed by atoms with Gasteiger partial charge in [0, 0.05) is 18.3 Å². The zero-order chi connectivity index (χ0) is 20.0. The van der Waals surface area contributed by atoms with Crippen molar-refractivity contribution in [2.75, 3.05) is 7.05 Å². The van der Waals surface area contributed by atoms with Crippen LogP contribution in [0.25, 0.3) is 5.57 Å². The van der Waals surface area contributed by atoms with Crippen molar-refractivity contribution in [2.24, 2.45) is 4.99 Å². The number of nitrogens with one attached hydrogen (secondary N) is 1. The van der Waals surface area contributed by atoms with Crippen LogP contribution in [-0.2, 0) is 6.61 Å². The molecule has 1 saturated carbocycles. The largest absolute Gasteiger partial charge is 0.392 e. The first-order chi connectivity index (χ1) is 12.8. The lowest BCUT2D eigenvalue weighted by molar-refractivity contribution is 0.275. The topological polar surface area (TPSA) is 47.9 Å². The van der Waals surface area contributed by atoms with Gasteiger partial charge in [0.1, 0.15) is 11.7 Å². The maximum atomic E-state index is 13.6. The summed E-state index contributed by atoms with van der Waals surface area (Å²) in [5.74, 6) is 0.362. The number of hydrazine groups is 1. The second-order valence-electron chi connectivity index (χ2n) is 6.74. The van der Waals surface area contributed by atoms with Crippen molar-refractivity contribution < 1.29 is 9.50 Å². The quantitative estimate of drug-likeness (QED) is 0.310. The van der Waals surface area contributed by atoms with Crippen molar-refractivity contribution in [1.29, 1.82) is 0 Å². The lowest BCUT2D eigenvalue weighted by Gasteiger charge is -2.23. The predicted octanol–water partition coefficient (Wildman–Crippen LogP) is 4.36. The Labute approximate surface area is 161 Å². The standard InChI is InChI=1S/C22H28FN3O/c1-6-7-17(4)26(5)25-22(24-20-9-10-20)16(3)12-15(2)18-8-11-21(23)19(13-18)14-27/h6-8,11-13,20,27H,1-2,9-10,14H2,3-5H3,(H,24,25)/b16-12+,17-7+. The third-order valence-corrected chi connectivity index (χ3v) is 4.37. The first-order valence-corrected chi connectivity index (χ1v) is 9.00. The van der Waals surface area contributed by atoms with Crippen LogP contribution in [0.2, 0.25) is 0 Å². The van der Waals surface area contributed by atoms with Crippen molar-refractivity contribution in [2.45, 2.75) is 39.3 Å². The molecule has 1 aliphatic carbocycles. The summed E-state index contributed by atoms with van der Waals surface area (Å²) in [5, 5.41) is 11.2. The van der Waals surface area contributed by atoms with E-state index in [1.807, 2.05) is 38.1 Å². The molecule has 0 unspecified atom stereocenters. The number of aliphatic hydroxyl groups excluding tert-OH is 1. The Morgan fingerprint density at radius 1 is 1.41 bits per heavy atom. The van der Waals surface area contributed by atoms with Gasteiger partial charge in [0.25, 0.3) is 0 Å². The summed E-state index contributed by atoms with van der Waals surface area (Å²) in [6.07, 6.45) is 7.77. The molecule has 0 spiro atoms. The fourth-order valence-electron chi connectivity index (χ4n) is 2.44. The zero-order valence-corrected chi connectivity index (χ0v) is 16.3. The minimum Gasteiger partial charge on any atom is -0.392 e. The first kappa shape index (κ1) is 20.6. The fraction of sp³-hybridized carbons (Fsp3) is 0.318. The molecule has 0 atom stereocenters. The van der Waals surface area contributed by atoms with Gasteiger partial charge in [0.2, 0.25) is 0 Å². The molecule has 1 fully saturated rings. The Bertz CT molecular complexity index is 804. The van der Waals surface area contributed by atoms with Crippen molar-refractivity contribution in [3.63, 3.8) is 0 Å². The predicted molar refractivity (Wildman–Crippen MR) is 110 cm³/mol. The Kier molecular flexibility index (Phi) is 7.13. The highest BCUT2D eigenvalue weighted by molar-refractivity contribution is 6.00. The molecule has 4 nitrogen and oxygen atoms in total. The van der Waals surface area contributed by atoms with Gasteiger partial charge in [0.05, 0.1) is 12.6 Å². The van der Waals surface area contributed by atoms with Gasteiger partial charge in [-0.15, -0.1) is 0 Å². The van der Waals surface area contributed by atoms with Crippen LogP contribution in [0.1, 0.15) is 37.8 Å². The maximum absolute atomic E-state index is 13.6. The van der Waals surface area contributed by atoms with Gasteiger partial charge >= 0.3 is 0 Å². The molecule has 144 valence electrons. The Morgan fingerprint density at radius 3 is 2.70 bits per heavy atom. The summed E-state index contributed by atoms with van der Waals surface area (Å²) in [6.45, 7) is 11.4. The van der Waals surface area contributed by atoms with E-state index in [1.54, 1.807) is 18.2 Å². The van der Waals surface area contributed by atoms with Crippen LogP contribution >= 0.6 is 0 Å². The second kappa shape index (κ2) is 9.33. The molecule has 27 heavy (non-hydrogen) atoms. The van der Waals surface area contributed by atoms with E-state index in [2.05, 4.69) is 18.6 Å². The van der Waals surface area contributed by atoms with Gasteiger partial charge in [-0.1, -0.05) is 25.3 Å². The summed E-state index contributed by atoms with van der Waals surface area (Å²) in [5.41, 5.74) is 7.01. The summed E-state index contributed by atoms with van der Waals surface area (Å²) < 4.78 is 13.6. The van der Waals surface area contributed by atoms with E-state index in [0.29, 0.717) is 6.04 Å². The van der Waals surface area contributed by atoms with Gasteiger partial charge in [-0.2, -0.15) is 0 Å². The number of amidine groups is 1. The summed E-state index contributed by atoms with van der Waals surface area (Å²) in [7, 11) is 1.92. The highest BCUT2D eigenvalue weighted by atomic mass is 19.1. The molecule has 0 amide bonds. The van der Waals surface area contributed by atoms with Crippen molar-refractivity contribution in [1.82, 2.24) is 10.4 Å². The molecule has 2 rings (SSSR count). The van der Waals surface area contributed by atoms with Gasteiger partial charge in [-0.25, -0.2) is 4.39 Å². The molecule has 0 bridgehead atoms. The average molecular weight is 369 g/mol. The molecule has 1 aromatic rings. The number of rotatable bonds is 8. The van der Waals surface area contributed by atoms with Crippen LogP contribution in [0.3, 0.4) is 0 Å². The SMILES string of the molecule is C=C/C=C(\C)N(C)NC(=NC1CC1)/C(C)=C/C(=C)c1ccc(F)c(CO)c1. The minimum atomic E-state index is -0.418. The zero-order valence-electron chi connectivity index (χ0n) is 16.3. The number of hydrogen-bond acceptors (Lipinski definition) is 3. The van der Waals surface area contributed by atoms with E-state index in [4.69, 9.17) is 4.99 Å². The van der Waals surface area contributed by atoms with Crippen molar-refractivity contribution in [3.05, 3.63) is 77.8 Å². The molecular formula is C22H28FN3O. The number of halogens is 1. The van der Waals surface area contributed by atoms with E-state index in [9.17, 15) is 9.50 Å². The van der Waals surface area contributed by atoms with E-state index >= 15 is 0 Å². The molecule has 0 saturated heterocycles. The third-order valence-electron chi connectivity index (χ3n) is 4.37. The van der Waals surface area contributed by atoms with Crippen LogP contribution in [0.4, 0.5) is 4.39 Å². The monoisotopic (exact) mass is 369 g/mol. The Balaban J connectivity index is 2.23. The lowest BCUT2D eigenvalue weighted by atomic mass is 10.0. The van der Waals surface area contributed by atoms with Crippen molar-refractivity contribution in [3.8, 4) is 0 Å². The molecule has 0 heterocycles. The molecule has 1 aromatic carbocycles. The van der Waals surface area contributed by atoms with Crippen LogP contribution in [0, 0.1) is 5.82 Å². The Morgan fingerprint density at radius 2 is 2.11 bits per heavy atom. The molecule has 1 aliphatic rings. The number of aliphatic imine (C=N–C) groups is 1. The number of aliphatic hydroxyl groups is 1. The van der Waals surface area contributed by atoms with Gasteiger partial charge in [-0.3, -0.25) is 15.4 Å². The summed E-state index contributed by atoms with van der Waals surface area (Å²) in [4.78, 5) is 4.77. The second-order valence-corrected chi connectivity index (χ2v) is 6.74. The summed E-state index contributed by atoms with van der Waals surface area (Å²) in [6, 6.07) is 4.99. The highest BCUT2D eigenvalue weighted by Gasteiger charge is 2.22. The molecule has 0 radical (unpaired) electrons. The number of benzene rings is 1. The van der Waals surface area contributed by atoms with Crippen LogP contribution < -0.4 is 5.43 Å². The average Bonchev–Trinajstić information content (AvgIpc) is 3.45.